The topological polar surface area (TPSA) is 93.7 Å². The number of hydrogen-bond acceptors (Lipinski definition) is 5. The normalized spacial score (nSPS) is 10.5. The highest BCUT2D eigenvalue weighted by atomic mass is 79.9. The standard InChI is InChI=1S/C26H23BrN2O5/c1-2-33-26(32)34-23-13-9-20(10-14-23)25(31)28-17-19-6-11-22(12-7-19)29-24(30)15-8-18-4-3-5-21(27)16-18/h3-16H,2,17H2,1H3,(H,28,31)(H,29,30)/b15-8+. The predicted octanol–water partition coefficient (Wildman–Crippen LogP) is 5.57. The van der Waals surface area contributed by atoms with Crippen LogP contribution < -0.4 is 15.4 Å². The molecule has 0 bridgehead atoms. The first-order valence-corrected chi connectivity index (χ1v) is 11.3. The average molecular weight is 523 g/mol. The van der Waals surface area contributed by atoms with Crippen molar-refractivity contribution >= 4 is 45.7 Å². The summed E-state index contributed by atoms with van der Waals surface area (Å²) in [6, 6.07) is 21.0. The Balaban J connectivity index is 1.47. The van der Waals surface area contributed by atoms with Gasteiger partial charge < -0.3 is 20.1 Å². The van der Waals surface area contributed by atoms with Gasteiger partial charge in [-0.25, -0.2) is 4.79 Å². The van der Waals surface area contributed by atoms with Crippen molar-refractivity contribution in [2.45, 2.75) is 13.5 Å². The fraction of sp³-hybridized carbons (Fsp3) is 0.115. The molecule has 3 aromatic rings. The van der Waals surface area contributed by atoms with Crippen molar-refractivity contribution in [1.82, 2.24) is 5.32 Å². The number of hydrogen-bond donors (Lipinski definition) is 2. The second-order valence-electron chi connectivity index (χ2n) is 7.07. The second-order valence-corrected chi connectivity index (χ2v) is 7.98. The largest absolute Gasteiger partial charge is 0.513 e. The number of benzene rings is 3. The highest BCUT2D eigenvalue weighted by Crippen LogP contribution is 2.15. The average Bonchev–Trinajstić information content (AvgIpc) is 2.83. The first-order valence-electron chi connectivity index (χ1n) is 10.5. The molecule has 0 radical (unpaired) electrons. The molecule has 3 aromatic carbocycles. The zero-order valence-electron chi connectivity index (χ0n) is 18.4. The van der Waals surface area contributed by atoms with Crippen molar-refractivity contribution in [2.24, 2.45) is 0 Å². The highest BCUT2D eigenvalue weighted by molar-refractivity contribution is 9.10. The van der Waals surface area contributed by atoms with E-state index in [9.17, 15) is 14.4 Å². The van der Waals surface area contributed by atoms with E-state index in [1.54, 1.807) is 37.3 Å². The molecule has 0 aliphatic carbocycles. The zero-order valence-corrected chi connectivity index (χ0v) is 20.0. The lowest BCUT2D eigenvalue weighted by Crippen LogP contribution is -2.22. The SMILES string of the molecule is CCOC(=O)Oc1ccc(C(=O)NCc2ccc(NC(=O)/C=C/c3cccc(Br)c3)cc2)cc1. The third kappa shape index (κ3) is 7.90. The molecule has 2 amide bonds. The molecule has 174 valence electrons. The Kier molecular flexibility index (Phi) is 8.99. The number of anilines is 1. The Bertz CT molecular complexity index is 1170. The fourth-order valence-corrected chi connectivity index (χ4v) is 3.29. The molecule has 0 saturated carbocycles. The van der Waals surface area contributed by atoms with Crippen LogP contribution in [0.2, 0.25) is 0 Å². The van der Waals surface area contributed by atoms with Crippen LogP contribution in [0.1, 0.15) is 28.4 Å². The molecule has 0 aliphatic rings. The van der Waals surface area contributed by atoms with Gasteiger partial charge in [-0.2, -0.15) is 0 Å². The van der Waals surface area contributed by atoms with E-state index in [0.717, 1.165) is 15.6 Å². The first-order chi connectivity index (χ1) is 16.4. The van der Waals surface area contributed by atoms with E-state index < -0.39 is 6.16 Å². The summed E-state index contributed by atoms with van der Waals surface area (Å²) in [7, 11) is 0. The summed E-state index contributed by atoms with van der Waals surface area (Å²) in [5, 5.41) is 5.63. The lowest BCUT2D eigenvalue weighted by molar-refractivity contribution is -0.111. The molecule has 7 nitrogen and oxygen atoms in total. The Morgan fingerprint density at radius 1 is 0.971 bits per heavy atom. The zero-order chi connectivity index (χ0) is 24.3. The van der Waals surface area contributed by atoms with E-state index >= 15 is 0 Å². The van der Waals surface area contributed by atoms with E-state index in [-0.39, 0.29) is 18.4 Å². The van der Waals surface area contributed by atoms with Gasteiger partial charge in [-0.15, -0.1) is 0 Å². The van der Waals surface area contributed by atoms with Gasteiger partial charge in [0.2, 0.25) is 5.91 Å². The third-order valence-electron chi connectivity index (χ3n) is 4.53. The Hall–Kier alpha value is -3.91. The molecular formula is C26H23BrN2O5. The van der Waals surface area contributed by atoms with E-state index in [2.05, 4.69) is 26.6 Å². The third-order valence-corrected chi connectivity index (χ3v) is 5.02. The van der Waals surface area contributed by atoms with E-state index in [0.29, 0.717) is 23.5 Å². The summed E-state index contributed by atoms with van der Waals surface area (Å²) in [6.45, 7) is 2.22. The molecule has 0 atom stereocenters. The number of rotatable bonds is 8. The van der Waals surface area contributed by atoms with E-state index in [1.807, 2.05) is 36.4 Å². The molecule has 0 unspecified atom stereocenters. The summed E-state index contributed by atoms with van der Waals surface area (Å²) < 4.78 is 10.6. The number of carbonyl (C=O) groups excluding carboxylic acids is 3. The van der Waals surface area contributed by atoms with Gasteiger partial charge in [0.15, 0.2) is 0 Å². The fourth-order valence-electron chi connectivity index (χ4n) is 2.87. The van der Waals surface area contributed by atoms with Crippen LogP contribution in [0.15, 0.2) is 83.3 Å². The minimum atomic E-state index is -0.792. The number of ether oxygens (including phenoxy) is 2. The molecule has 8 heteroatoms. The summed E-state index contributed by atoms with van der Waals surface area (Å²) in [5.41, 5.74) is 2.86. The summed E-state index contributed by atoms with van der Waals surface area (Å²) in [6.07, 6.45) is 2.41. The lowest BCUT2D eigenvalue weighted by Gasteiger charge is -2.08. The molecular weight excluding hydrogens is 500 g/mol. The Morgan fingerprint density at radius 3 is 2.38 bits per heavy atom. The van der Waals surface area contributed by atoms with Gasteiger partial charge in [-0.3, -0.25) is 9.59 Å². The lowest BCUT2D eigenvalue weighted by atomic mass is 10.1. The van der Waals surface area contributed by atoms with Crippen LogP contribution in [-0.2, 0) is 16.1 Å². The molecule has 0 saturated heterocycles. The smallest absolute Gasteiger partial charge is 0.434 e. The highest BCUT2D eigenvalue weighted by Gasteiger charge is 2.08. The Labute approximate surface area is 205 Å². The molecule has 0 aliphatic heterocycles. The van der Waals surface area contributed by atoms with Crippen LogP contribution in [0.25, 0.3) is 6.08 Å². The Morgan fingerprint density at radius 2 is 1.71 bits per heavy atom. The molecule has 0 fully saturated rings. The van der Waals surface area contributed by atoms with E-state index in [4.69, 9.17) is 9.47 Å². The molecule has 34 heavy (non-hydrogen) atoms. The predicted molar refractivity (Wildman–Crippen MR) is 134 cm³/mol. The van der Waals surface area contributed by atoms with Crippen LogP contribution in [0.5, 0.6) is 5.75 Å². The van der Waals surface area contributed by atoms with Gasteiger partial charge in [-0.05, 0) is 72.7 Å². The molecule has 3 rings (SSSR count). The van der Waals surface area contributed by atoms with Gasteiger partial charge in [-0.1, -0.05) is 40.2 Å². The quantitative estimate of drug-likeness (QED) is 0.229. The maximum atomic E-state index is 12.4. The minimum absolute atomic E-state index is 0.219. The van der Waals surface area contributed by atoms with Crippen molar-refractivity contribution in [3.8, 4) is 5.75 Å². The van der Waals surface area contributed by atoms with Crippen LogP contribution in [0.4, 0.5) is 10.5 Å². The van der Waals surface area contributed by atoms with Gasteiger partial charge in [0.05, 0.1) is 6.61 Å². The van der Waals surface area contributed by atoms with Crippen molar-refractivity contribution < 1.29 is 23.9 Å². The molecule has 0 aromatic heterocycles. The first kappa shape index (κ1) is 24.7. The van der Waals surface area contributed by atoms with Crippen LogP contribution >= 0.6 is 15.9 Å². The maximum Gasteiger partial charge on any atom is 0.513 e. The molecule has 2 N–H and O–H groups in total. The van der Waals surface area contributed by atoms with Crippen molar-refractivity contribution in [1.29, 1.82) is 0 Å². The minimum Gasteiger partial charge on any atom is -0.434 e. The number of nitrogens with one attached hydrogen (secondary N) is 2. The van der Waals surface area contributed by atoms with E-state index in [1.165, 1.54) is 18.2 Å². The van der Waals surface area contributed by atoms with Gasteiger partial charge in [0, 0.05) is 28.3 Å². The maximum absolute atomic E-state index is 12.4. The number of carbonyl (C=O) groups is 3. The van der Waals surface area contributed by atoms with Crippen LogP contribution in [-0.4, -0.2) is 24.6 Å². The number of halogens is 1. The monoisotopic (exact) mass is 522 g/mol. The van der Waals surface area contributed by atoms with Crippen molar-refractivity contribution in [2.75, 3.05) is 11.9 Å². The summed E-state index contributed by atoms with van der Waals surface area (Å²) in [5.74, 6) is -0.215. The van der Waals surface area contributed by atoms with Crippen LogP contribution in [0, 0.1) is 0 Å². The van der Waals surface area contributed by atoms with Crippen molar-refractivity contribution in [3.05, 3.63) is 100 Å². The second kappa shape index (κ2) is 12.4. The van der Waals surface area contributed by atoms with Gasteiger partial charge >= 0.3 is 6.16 Å². The van der Waals surface area contributed by atoms with Gasteiger partial charge in [0.1, 0.15) is 5.75 Å². The molecule has 0 spiro atoms. The summed E-state index contributed by atoms with van der Waals surface area (Å²) >= 11 is 3.40. The van der Waals surface area contributed by atoms with Crippen LogP contribution in [0.3, 0.4) is 0 Å². The van der Waals surface area contributed by atoms with Crippen molar-refractivity contribution in [3.63, 3.8) is 0 Å². The van der Waals surface area contributed by atoms with Gasteiger partial charge in [0.25, 0.3) is 5.91 Å². The summed E-state index contributed by atoms with van der Waals surface area (Å²) in [4.78, 5) is 35.8. The number of amides is 2. The molecule has 0 heterocycles.